The number of allylic oxidation sites excluding steroid dienone is 2. The Balaban J connectivity index is 2.59. The molecule has 0 N–H and O–H groups in total. The van der Waals surface area contributed by atoms with E-state index in [9.17, 15) is 0 Å². The van der Waals surface area contributed by atoms with Crippen LogP contribution in [-0.4, -0.2) is 37.3 Å². The van der Waals surface area contributed by atoms with Gasteiger partial charge in [-0.25, -0.2) is 0 Å². The monoisotopic (exact) mass is 636 g/mol. The van der Waals surface area contributed by atoms with Crippen LogP contribution < -0.4 is 0 Å². The Kier molecular flexibility index (Phi) is 10.1. The van der Waals surface area contributed by atoms with Crippen LogP contribution in [0.1, 0.15) is 94.2 Å². The van der Waals surface area contributed by atoms with Gasteiger partial charge in [0.15, 0.2) is 0 Å². The number of hydrogen-bond donors (Lipinski definition) is 0. The number of hydrogen-bond acceptors (Lipinski definition) is 0. The van der Waals surface area contributed by atoms with Crippen LogP contribution in [0.3, 0.4) is 0 Å². The van der Waals surface area contributed by atoms with E-state index in [2.05, 4.69) is 144 Å². The van der Waals surface area contributed by atoms with Crippen molar-refractivity contribution in [1.29, 1.82) is 0 Å². The summed E-state index contributed by atoms with van der Waals surface area (Å²) in [5.74, 6) is 0. The van der Waals surface area contributed by atoms with Crippen LogP contribution >= 0.6 is 0 Å². The van der Waals surface area contributed by atoms with Crippen molar-refractivity contribution < 1.29 is 0 Å². The predicted octanol–water partition coefficient (Wildman–Crippen LogP) is 11.0. The first kappa shape index (κ1) is 30.7. The fourth-order valence-electron chi connectivity index (χ4n) is 8.67. The van der Waals surface area contributed by atoms with E-state index in [1.54, 1.807) is 11.1 Å². The van der Waals surface area contributed by atoms with Gasteiger partial charge in [0.1, 0.15) is 0 Å². The normalized spacial score (nSPS) is 15.6. The molecule has 1 aliphatic rings. The van der Waals surface area contributed by atoms with Gasteiger partial charge in [0.25, 0.3) is 0 Å². The molecule has 1 heterocycles. The van der Waals surface area contributed by atoms with Gasteiger partial charge in [-0.2, -0.15) is 0 Å². The van der Waals surface area contributed by atoms with Crippen LogP contribution in [0.15, 0.2) is 67.1 Å². The second-order valence-corrected chi connectivity index (χ2v) is 31.2. The molecule has 1 aliphatic heterocycles. The molecule has 0 amide bonds. The van der Waals surface area contributed by atoms with Crippen molar-refractivity contribution in [2.75, 3.05) is 0 Å². The van der Waals surface area contributed by atoms with Crippen LogP contribution in [0.5, 0.6) is 0 Å². The molecule has 3 rings (SSSR count). The van der Waals surface area contributed by atoms with Gasteiger partial charge in [-0.15, -0.1) is 0 Å². The van der Waals surface area contributed by atoms with Crippen LogP contribution in [0.4, 0.5) is 0 Å². The Morgan fingerprint density at radius 3 is 0.865 bits per heavy atom. The van der Waals surface area contributed by atoms with E-state index in [0.717, 1.165) is 33.2 Å². The summed E-state index contributed by atoms with van der Waals surface area (Å²) in [5, 5.41) is 0. The summed E-state index contributed by atoms with van der Waals surface area (Å²) in [6.07, 6.45) is 0. The van der Waals surface area contributed by atoms with Crippen LogP contribution in [0, 0.1) is 0 Å². The molecule has 0 bridgehead atoms. The maximum absolute atomic E-state index is 2.57. The van der Waals surface area contributed by atoms with E-state index in [-0.39, 0.29) is 0 Å². The summed E-state index contributed by atoms with van der Waals surface area (Å²) < 4.78 is 4.05. The van der Waals surface area contributed by atoms with E-state index in [0.29, 0.717) is 0 Å². The van der Waals surface area contributed by atoms with E-state index in [4.69, 9.17) is 0 Å². The fraction of sp³-hybridized carbons (Fsp3) is 0.529. The summed E-state index contributed by atoms with van der Waals surface area (Å²) in [6.45, 7) is 30.8. The minimum atomic E-state index is -1.80. The van der Waals surface area contributed by atoms with E-state index in [1.807, 2.05) is 6.42 Å². The topological polar surface area (TPSA) is 0 Å². The number of benzene rings is 2. The van der Waals surface area contributed by atoms with Gasteiger partial charge in [0.05, 0.1) is 0 Å². The summed E-state index contributed by atoms with van der Waals surface area (Å²) in [4.78, 5) is 0. The standard InChI is InChI=1S/C34H52Si2.Sn/c1-25(2)35(26(3)4,27(5)6)23-33(31-19-15-13-16-20-31)34(32-21-17-14-18-22-32)24-36(28(7)8,29(9)10)30(11)12;/h13-22,25-30H,1-12H3;. The molecule has 2 radical (unpaired) electrons. The van der Waals surface area contributed by atoms with Crippen LogP contribution in [0.25, 0.3) is 11.1 Å². The van der Waals surface area contributed by atoms with Crippen LogP contribution in [-0.2, 0) is 0 Å². The average molecular weight is 636 g/mol. The van der Waals surface area contributed by atoms with E-state index >= 15 is 0 Å². The zero-order valence-corrected chi connectivity index (χ0v) is 30.6. The molecule has 0 nitrogen and oxygen atoms in total. The summed E-state index contributed by atoms with van der Waals surface area (Å²) in [5.41, 5.74) is 10.8. The van der Waals surface area contributed by atoms with Crippen molar-refractivity contribution in [2.45, 2.75) is 116 Å². The molecule has 2 aromatic rings. The molecule has 37 heavy (non-hydrogen) atoms. The fourth-order valence-corrected chi connectivity index (χ4v) is 46.0. The first-order valence-electron chi connectivity index (χ1n) is 14.7. The molecule has 0 saturated heterocycles. The van der Waals surface area contributed by atoms with Crippen molar-refractivity contribution in [1.82, 2.24) is 0 Å². The Hall–Kier alpha value is -0.848. The first-order chi connectivity index (χ1) is 17.4. The molecule has 0 saturated carbocycles. The minimum absolute atomic E-state index is 0.742. The zero-order valence-electron chi connectivity index (χ0n) is 25.7. The molecule has 2 aromatic carbocycles. The van der Waals surface area contributed by atoms with Gasteiger partial charge in [-0.3, -0.25) is 0 Å². The second-order valence-electron chi connectivity index (χ2n) is 13.2. The SMILES string of the molecule is CC(C)[Si]([C]1=C(c2ccccc2)C(c2ccccc2)=[C]([Si](C(C)C)(C(C)C)C(C)C)[Sn]1)(C(C)C)C(C)C. The van der Waals surface area contributed by atoms with Crippen molar-refractivity contribution in [2.24, 2.45) is 0 Å². The quantitative estimate of drug-likeness (QED) is 0.228. The van der Waals surface area contributed by atoms with E-state index in [1.165, 1.54) is 11.1 Å². The maximum atomic E-state index is 2.57. The van der Waals surface area contributed by atoms with Crippen molar-refractivity contribution in [3.8, 4) is 0 Å². The third-order valence-corrected chi connectivity index (χ3v) is 35.4. The summed E-state index contributed by atoms with van der Waals surface area (Å²) in [7, 11) is -3.61. The molecule has 0 aromatic heterocycles. The average Bonchev–Trinajstić information content (AvgIpc) is 3.20. The van der Waals surface area contributed by atoms with Crippen LogP contribution in [0.2, 0.25) is 33.2 Å². The van der Waals surface area contributed by atoms with Gasteiger partial charge in [-0.1, -0.05) is 0 Å². The molecule has 0 atom stereocenters. The zero-order chi connectivity index (χ0) is 27.7. The van der Waals surface area contributed by atoms with Gasteiger partial charge in [0, 0.05) is 0 Å². The summed E-state index contributed by atoms with van der Waals surface area (Å²) in [6, 6.07) is 23.2. The Bertz CT molecular complexity index is 972. The van der Waals surface area contributed by atoms with Gasteiger partial charge in [0.2, 0.25) is 0 Å². The molecule has 0 aliphatic carbocycles. The van der Waals surface area contributed by atoms with Crippen molar-refractivity contribution in [3.05, 3.63) is 78.2 Å². The van der Waals surface area contributed by atoms with E-state index < -0.39 is 37.3 Å². The molecule has 0 fully saturated rings. The molecular formula is C34H52Si2Sn. The van der Waals surface area contributed by atoms with Crippen molar-refractivity contribution >= 4 is 48.4 Å². The number of rotatable bonds is 10. The third-order valence-electron chi connectivity index (χ3n) is 9.72. The van der Waals surface area contributed by atoms with Gasteiger partial charge >= 0.3 is 243 Å². The molecule has 200 valence electrons. The summed E-state index contributed by atoms with van der Waals surface area (Å²) >= 11 is -0.996. The Labute approximate surface area is 241 Å². The predicted molar refractivity (Wildman–Crippen MR) is 175 cm³/mol. The molecule has 0 unspecified atom stereocenters. The molecule has 3 heteroatoms. The first-order valence-corrected chi connectivity index (χ1v) is 22.0. The second kappa shape index (κ2) is 12.1. The molecule has 0 spiro atoms. The third kappa shape index (κ3) is 5.09. The van der Waals surface area contributed by atoms with Gasteiger partial charge < -0.3 is 0 Å². The Morgan fingerprint density at radius 2 is 0.649 bits per heavy atom. The Morgan fingerprint density at radius 1 is 0.405 bits per heavy atom. The van der Waals surface area contributed by atoms with Crippen molar-refractivity contribution in [3.63, 3.8) is 0 Å². The van der Waals surface area contributed by atoms with Gasteiger partial charge in [-0.05, 0) is 0 Å². The molecular weight excluding hydrogens is 583 g/mol.